The molecule has 1 aromatic carbocycles. The smallest absolute Gasteiger partial charge is 0.233 e. The van der Waals surface area contributed by atoms with Crippen LogP contribution in [0.25, 0.3) is 0 Å². The Hall–Kier alpha value is -1.07. The van der Waals surface area contributed by atoms with Gasteiger partial charge in [-0.05, 0) is 31.0 Å². The largest absolute Gasteiger partial charge is 0.399 e. The molecule has 1 fully saturated rings. The molecule has 1 amide bonds. The maximum atomic E-state index is 12.1. The van der Waals surface area contributed by atoms with Gasteiger partial charge in [0.05, 0.1) is 20.7 Å². The van der Waals surface area contributed by atoms with Crippen molar-refractivity contribution < 1.29 is 9.00 Å². The number of nitrogen functional groups attached to an aromatic ring is 1. The van der Waals surface area contributed by atoms with Gasteiger partial charge in [-0.2, -0.15) is 0 Å². The lowest BCUT2D eigenvalue weighted by molar-refractivity contribution is -0.119. The SMILES string of the molecule is Nc1ccc(Cl)c(S(=O)CC(=O)NC2CCCC2)c1. The molecular weight excluding hydrogens is 284 g/mol. The summed E-state index contributed by atoms with van der Waals surface area (Å²) in [4.78, 5) is 12.2. The van der Waals surface area contributed by atoms with E-state index in [9.17, 15) is 9.00 Å². The van der Waals surface area contributed by atoms with Crippen LogP contribution in [0.4, 0.5) is 5.69 Å². The fraction of sp³-hybridized carbons (Fsp3) is 0.462. The van der Waals surface area contributed by atoms with Crippen LogP contribution in [0.5, 0.6) is 0 Å². The predicted octanol–water partition coefficient (Wildman–Crippen LogP) is 2.09. The highest BCUT2D eigenvalue weighted by Gasteiger charge is 2.19. The number of hydrogen-bond donors (Lipinski definition) is 2. The molecule has 0 aromatic heterocycles. The van der Waals surface area contributed by atoms with Crippen molar-refractivity contribution in [3.05, 3.63) is 23.2 Å². The maximum absolute atomic E-state index is 12.1. The quantitative estimate of drug-likeness (QED) is 0.836. The van der Waals surface area contributed by atoms with Gasteiger partial charge in [0, 0.05) is 11.7 Å². The van der Waals surface area contributed by atoms with E-state index in [1.165, 1.54) is 0 Å². The van der Waals surface area contributed by atoms with Gasteiger partial charge in [-0.15, -0.1) is 0 Å². The second kappa shape index (κ2) is 6.39. The lowest BCUT2D eigenvalue weighted by atomic mass is 10.2. The number of hydrogen-bond acceptors (Lipinski definition) is 3. The van der Waals surface area contributed by atoms with Crippen molar-refractivity contribution in [1.82, 2.24) is 5.32 Å². The van der Waals surface area contributed by atoms with E-state index in [4.69, 9.17) is 17.3 Å². The molecule has 3 N–H and O–H groups in total. The van der Waals surface area contributed by atoms with Crippen LogP contribution in [0.3, 0.4) is 0 Å². The zero-order chi connectivity index (χ0) is 13.8. The highest BCUT2D eigenvalue weighted by Crippen LogP contribution is 2.22. The molecule has 4 nitrogen and oxygen atoms in total. The summed E-state index contributed by atoms with van der Waals surface area (Å²) >= 11 is 5.96. The number of amides is 1. The van der Waals surface area contributed by atoms with Gasteiger partial charge in [-0.25, -0.2) is 0 Å². The molecule has 1 saturated carbocycles. The molecule has 6 heteroatoms. The summed E-state index contributed by atoms with van der Waals surface area (Å²) in [5.41, 5.74) is 6.12. The second-order valence-corrected chi connectivity index (χ2v) is 6.56. The van der Waals surface area contributed by atoms with Crippen LogP contribution < -0.4 is 11.1 Å². The molecular formula is C13H17ClN2O2S. The number of carbonyl (C=O) groups excluding carboxylic acids is 1. The van der Waals surface area contributed by atoms with Crippen molar-refractivity contribution in [2.75, 3.05) is 11.5 Å². The first kappa shape index (κ1) is 14.3. The third kappa shape index (κ3) is 3.94. The van der Waals surface area contributed by atoms with Crippen LogP contribution in [0.15, 0.2) is 23.1 Å². The molecule has 0 aliphatic heterocycles. The van der Waals surface area contributed by atoms with Gasteiger partial charge in [0.2, 0.25) is 5.91 Å². The Balaban J connectivity index is 1.96. The summed E-state index contributed by atoms with van der Waals surface area (Å²) in [5.74, 6) is -0.261. The van der Waals surface area contributed by atoms with Crippen molar-refractivity contribution in [3.63, 3.8) is 0 Å². The first-order valence-electron chi connectivity index (χ1n) is 6.29. The van der Waals surface area contributed by atoms with Gasteiger partial charge in [0.25, 0.3) is 0 Å². The fourth-order valence-corrected chi connectivity index (χ4v) is 3.64. The average molecular weight is 301 g/mol. The minimum absolute atomic E-state index is 0.0698. The van der Waals surface area contributed by atoms with E-state index >= 15 is 0 Å². The Labute approximate surface area is 120 Å². The lowest BCUT2D eigenvalue weighted by Gasteiger charge is -2.12. The fourth-order valence-electron chi connectivity index (χ4n) is 2.23. The van der Waals surface area contributed by atoms with E-state index in [0.717, 1.165) is 25.7 Å². The molecule has 19 heavy (non-hydrogen) atoms. The number of halogens is 1. The van der Waals surface area contributed by atoms with Crippen molar-refractivity contribution in [1.29, 1.82) is 0 Å². The van der Waals surface area contributed by atoms with E-state index in [0.29, 0.717) is 15.6 Å². The van der Waals surface area contributed by atoms with E-state index in [-0.39, 0.29) is 17.7 Å². The first-order chi connectivity index (χ1) is 9.06. The number of rotatable bonds is 4. The molecule has 0 radical (unpaired) electrons. The monoisotopic (exact) mass is 300 g/mol. The van der Waals surface area contributed by atoms with E-state index in [2.05, 4.69) is 5.32 Å². The Bertz CT molecular complexity index is 501. The molecule has 1 aromatic rings. The second-order valence-electron chi connectivity index (χ2n) is 4.73. The standard InChI is InChI=1S/C13H17ClN2O2S/c14-11-6-5-9(15)7-12(11)19(18)8-13(17)16-10-3-1-2-4-10/h5-7,10H,1-4,8,15H2,(H,16,17). The van der Waals surface area contributed by atoms with Crippen LogP contribution in [0.1, 0.15) is 25.7 Å². The molecule has 104 valence electrons. The highest BCUT2D eigenvalue weighted by atomic mass is 35.5. The Morgan fingerprint density at radius 1 is 1.42 bits per heavy atom. The average Bonchev–Trinajstić information content (AvgIpc) is 2.84. The lowest BCUT2D eigenvalue weighted by Crippen LogP contribution is -2.35. The van der Waals surface area contributed by atoms with Crippen molar-refractivity contribution >= 4 is 34.0 Å². The minimum atomic E-state index is -1.46. The van der Waals surface area contributed by atoms with Crippen molar-refractivity contribution in [2.24, 2.45) is 0 Å². The van der Waals surface area contributed by atoms with Crippen LogP contribution in [0.2, 0.25) is 5.02 Å². The molecule has 2 rings (SSSR count). The molecule has 0 spiro atoms. The van der Waals surface area contributed by atoms with Gasteiger partial charge in [-0.3, -0.25) is 9.00 Å². The third-order valence-electron chi connectivity index (χ3n) is 3.18. The summed E-state index contributed by atoms with van der Waals surface area (Å²) in [7, 11) is -1.46. The van der Waals surface area contributed by atoms with Gasteiger partial charge >= 0.3 is 0 Å². The van der Waals surface area contributed by atoms with Gasteiger partial charge in [-0.1, -0.05) is 24.4 Å². The van der Waals surface area contributed by atoms with Crippen molar-refractivity contribution in [2.45, 2.75) is 36.6 Å². The van der Waals surface area contributed by atoms with E-state index < -0.39 is 10.8 Å². The molecule has 1 aliphatic carbocycles. The van der Waals surface area contributed by atoms with Crippen LogP contribution in [-0.2, 0) is 15.6 Å². The molecule has 1 aliphatic rings. The maximum Gasteiger partial charge on any atom is 0.233 e. The third-order valence-corrected chi connectivity index (χ3v) is 4.98. The van der Waals surface area contributed by atoms with Crippen LogP contribution >= 0.6 is 11.6 Å². The molecule has 0 saturated heterocycles. The molecule has 1 atom stereocenters. The molecule has 1 unspecified atom stereocenters. The number of carbonyl (C=O) groups is 1. The minimum Gasteiger partial charge on any atom is -0.399 e. The van der Waals surface area contributed by atoms with Gasteiger partial charge < -0.3 is 11.1 Å². The number of anilines is 1. The summed E-state index contributed by atoms with van der Waals surface area (Å²) in [6, 6.07) is 5.03. The van der Waals surface area contributed by atoms with Crippen molar-refractivity contribution in [3.8, 4) is 0 Å². The zero-order valence-electron chi connectivity index (χ0n) is 10.5. The molecule has 0 bridgehead atoms. The molecule has 0 heterocycles. The summed E-state index contributed by atoms with van der Waals surface area (Å²) in [6.07, 6.45) is 4.32. The van der Waals surface area contributed by atoms with Gasteiger partial charge in [0.1, 0.15) is 5.75 Å². The number of benzene rings is 1. The van der Waals surface area contributed by atoms with Gasteiger partial charge in [0.15, 0.2) is 0 Å². The Morgan fingerprint density at radius 2 is 2.11 bits per heavy atom. The Kier molecular flexibility index (Phi) is 4.82. The van der Waals surface area contributed by atoms with E-state index in [1.54, 1.807) is 18.2 Å². The Morgan fingerprint density at radius 3 is 2.79 bits per heavy atom. The van der Waals surface area contributed by atoms with Crippen LogP contribution in [-0.4, -0.2) is 21.9 Å². The number of nitrogens with two attached hydrogens (primary N) is 1. The topological polar surface area (TPSA) is 72.2 Å². The highest BCUT2D eigenvalue weighted by molar-refractivity contribution is 7.85. The van der Waals surface area contributed by atoms with Crippen LogP contribution in [0, 0.1) is 0 Å². The van der Waals surface area contributed by atoms with E-state index in [1.807, 2.05) is 0 Å². The summed E-state index contributed by atoms with van der Waals surface area (Å²) in [5, 5.41) is 3.28. The predicted molar refractivity (Wildman–Crippen MR) is 77.5 cm³/mol. The zero-order valence-corrected chi connectivity index (χ0v) is 12.1. The normalized spacial score (nSPS) is 17.3. The number of nitrogens with one attached hydrogen (secondary N) is 1. The summed E-state index contributed by atoms with van der Waals surface area (Å²) in [6.45, 7) is 0. The first-order valence-corrected chi connectivity index (χ1v) is 7.98. The summed E-state index contributed by atoms with van der Waals surface area (Å²) < 4.78 is 12.1.